The van der Waals surface area contributed by atoms with Crippen LogP contribution in [0.15, 0.2) is 69.8 Å². The summed E-state index contributed by atoms with van der Waals surface area (Å²) in [7, 11) is 1.75. The highest BCUT2D eigenvalue weighted by Gasteiger charge is 2.16. The minimum absolute atomic E-state index is 0.126. The van der Waals surface area contributed by atoms with Gasteiger partial charge in [-0.2, -0.15) is 0 Å². The topological polar surface area (TPSA) is 62.6 Å². The average Bonchev–Trinajstić information content (AvgIpc) is 3.19. The highest BCUT2D eigenvalue weighted by atomic mass is 79.9. The first-order valence-corrected chi connectivity index (χ1v) is 9.19. The van der Waals surface area contributed by atoms with E-state index in [2.05, 4.69) is 21.2 Å². The molecule has 0 atom stereocenters. The molecule has 0 radical (unpaired) electrons. The van der Waals surface area contributed by atoms with Crippen molar-refractivity contribution in [3.05, 3.63) is 87.8 Å². The van der Waals surface area contributed by atoms with Crippen molar-refractivity contribution in [2.24, 2.45) is 0 Å². The lowest BCUT2D eigenvalue weighted by Crippen LogP contribution is -2.26. The molecule has 0 saturated heterocycles. The number of carbonyl (C=O) groups is 2. The third-order valence-electron chi connectivity index (χ3n) is 4.19. The molecular weight excluding hydrogens is 408 g/mol. The van der Waals surface area contributed by atoms with Crippen LogP contribution >= 0.6 is 15.9 Å². The molecule has 1 aromatic heterocycles. The first-order valence-electron chi connectivity index (χ1n) is 8.40. The van der Waals surface area contributed by atoms with Gasteiger partial charge in [0.25, 0.3) is 11.8 Å². The molecule has 0 spiro atoms. The first kappa shape index (κ1) is 18.9. The zero-order valence-corrected chi connectivity index (χ0v) is 16.6. The van der Waals surface area contributed by atoms with Gasteiger partial charge in [0.15, 0.2) is 5.76 Å². The Hall–Kier alpha value is -2.86. The van der Waals surface area contributed by atoms with E-state index in [1.165, 1.54) is 6.26 Å². The summed E-state index contributed by atoms with van der Waals surface area (Å²) < 4.78 is 6.07. The summed E-state index contributed by atoms with van der Waals surface area (Å²) in [6.45, 7) is 2.35. The molecule has 0 aliphatic heterocycles. The van der Waals surface area contributed by atoms with E-state index >= 15 is 0 Å². The van der Waals surface area contributed by atoms with Crippen molar-refractivity contribution in [3.8, 4) is 0 Å². The second kappa shape index (κ2) is 8.22. The van der Waals surface area contributed by atoms with E-state index in [1.807, 2.05) is 37.3 Å². The lowest BCUT2D eigenvalue weighted by molar-refractivity contribution is 0.0784. The number of benzene rings is 2. The number of carbonyl (C=O) groups excluding carboxylic acids is 2. The van der Waals surface area contributed by atoms with E-state index in [4.69, 9.17) is 4.42 Å². The summed E-state index contributed by atoms with van der Waals surface area (Å²) in [4.78, 5) is 26.7. The molecule has 0 bridgehead atoms. The molecule has 1 N–H and O–H groups in total. The van der Waals surface area contributed by atoms with Crippen LogP contribution in [0.3, 0.4) is 0 Å². The number of halogens is 1. The lowest BCUT2D eigenvalue weighted by Gasteiger charge is -2.19. The van der Waals surface area contributed by atoms with Gasteiger partial charge in [-0.05, 0) is 48.4 Å². The van der Waals surface area contributed by atoms with Gasteiger partial charge in [0.1, 0.15) is 0 Å². The molecule has 5 nitrogen and oxygen atoms in total. The Morgan fingerprint density at radius 3 is 2.59 bits per heavy atom. The Balaban J connectivity index is 1.77. The van der Waals surface area contributed by atoms with Gasteiger partial charge in [-0.15, -0.1) is 0 Å². The molecule has 27 heavy (non-hydrogen) atoms. The van der Waals surface area contributed by atoms with Gasteiger partial charge >= 0.3 is 0 Å². The Morgan fingerprint density at radius 2 is 1.89 bits per heavy atom. The van der Waals surface area contributed by atoms with Crippen molar-refractivity contribution < 1.29 is 14.0 Å². The summed E-state index contributed by atoms with van der Waals surface area (Å²) in [5.41, 5.74) is 2.97. The maximum Gasteiger partial charge on any atom is 0.291 e. The number of anilines is 1. The van der Waals surface area contributed by atoms with Gasteiger partial charge in [0.05, 0.1) is 6.26 Å². The summed E-state index contributed by atoms with van der Waals surface area (Å²) in [5.74, 6) is -0.259. The molecular formula is C21H19BrN2O3. The Morgan fingerprint density at radius 1 is 1.11 bits per heavy atom. The summed E-state index contributed by atoms with van der Waals surface area (Å²) in [6.07, 6.45) is 1.44. The molecule has 0 aliphatic rings. The minimum atomic E-state index is -0.353. The van der Waals surface area contributed by atoms with E-state index in [9.17, 15) is 9.59 Å². The molecule has 3 aromatic rings. The van der Waals surface area contributed by atoms with Crippen molar-refractivity contribution in [3.63, 3.8) is 0 Å². The van der Waals surface area contributed by atoms with Gasteiger partial charge < -0.3 is 14.6 Å². The van der Waals surface area contributed by atoms with Crippen LogP contribution in [0.2, 0.25) is 0 Å². The quantitative estimate of drug-likeness (QED) is 0.632. The van der Waals surface area contributed by atoms with Gasteiger partial charge in [-0.25, -0.2) is 0 Å². The molecule has 138 valence electrons. The number of hydrogen-bond acceptors (Lipinski definition) is 3. The molecule has 6 heteroatoms. The Kier molecular flexibility index (Phi) is 5.76. The van der Waals surface area contributed by atoms with Crippen LogP contribution in [-0.4, -0.2) is 23.8 Å². The molecule has 0 aliphatic carbocycles. The maximum absolute atomic E-state index is 12.8. The molecule has 0 fully saturated rings. The molecule has 2 aromatic carbocycles. The number of rotatable bonds is 5. The van der Waals surface area contributed by atoms with E-state index in [0.717, 1.165) is 15.6 Å². The molecule has 2 amide bonds. The second-order valence-corrected chi connectivity index (χ2v) is 7.07. The van der Waals surface area contributed by atoms with E-state index < -0.39 is 0 Å². The molecule has 0 saturated carbocycles. The van der Waals surface area contributed by atoms with Gasteiger partial charge in [0, 0.05) is 29.3 Å². The van der Waals surface area contributed by atoms with Crippen LogP contribution < -0.4 is 5.32 Å². The first-order chi connectivity index (χ1) is 13.0. The van der Waals surface area contributed by atoms with Crippen LogP contribution in [-0.2, 0) is 6.54 Å². The van der Waals surface area contributed by atoms with Crippen molar-refractivity contribution in [2.75, 3.05) is 12.4 Å². The second-order valence-electron chi connectivity index (χ2n) is 6.21. The van der Waals surface area contributed by atoms with Crippen LogP contribution in [0.4, 0.5) is 5.69 Å². The number of nitrogens with zero attached hydrogens (tertiary/aromatic N) is 1. The lowest BCUT2D eigenvalue weighted by atomic mass is 10.1. The monoisotopic (exact) mass is 426 g/mol. The van der Waals surface area contributed by atoms with E-state index in [-0.39, 0.29) is 17.6 Å². The molecule has 1 heterocycles. The predicted molar refractivity (Wildman–Crippen MR) is 108 cm³/mol. The molecule has 0 unspecified atom stereocenters. The molecule has 3 rings (SSSR count). The Bertz CT molecular complexity index is 967. The zero-order chi connectivity index (χ0) is 19.4. The van der Waals surface area contributed by atoms with Crippen LogP contribution in [0, 0.1) is 6.92 Å². The van der Waals surface area contributed by atoms with Crippen LogP contribution in [0.1, 0.15) is 32.0 Å². The van der Waals surface area contributed by atoms with Crippen molar-refractivity contribution in [2.45, 2.75) is 13.5 Å². The fraction of sp³-hybridized carbons (Fsp3) is 0.143. The van der Waals surface area contributed by atoms with Crippen molar-refractivity contribution >= 4 is 33.4 Å². The third-order valence-corrected chi connectivity index (χ3v) is 4.96. The van der Waals surface area contributed by atoms with Gasteiger partial charge in [0.2, 0.25) is 0 Å². The van der Waals surface area contributed by atoms with E-state index in [0.29, 0.717) is 17.8 Å². The zero-order valence-electron chi connectivity index (χ0n) is 15.0. The number of furan rings is 1. The number of hydrogen-bond donors (Lipinski definition) is 1. The SMILES string of the molecule is Cc1ccc(C(=O)N(C)Cc2ccccc2Br)cc1NC(=O)c1ccco1. The fourth-order valence-corrected chi connectivity index (χ4v) is 3.07. The number of nitrogens with one attached hydrogen (secondary N) is 1. The van der Waals surface area contributed by atoms with E-state index in [1.54, 1.807) is 36.2 Å². The smallest absolute Gasteiger partial charge is 0.291 e. The summed E-state index contributed by atoms with van der Waals surface area (Å²) in [6, 6.07) is 16.3. The normalized spacial score (nSPS) is 10.5. The van der Waals surface area contributed by atoms with Gasteiger partial charge in [-0.3, -0.25) is 9.59 Å². The Labute approximate surface area is 166 Å². The number of aryl methyl sites for hydroxylation is 1. The van der Waals surface area contributed by atoms with Gasteiger partial charge in [-0.1, -0.05) is 40.2 Å². The summed E-state index contributed by atoms with van der Waals surface area (Å²) >= 11 is 3.50. The highest BCUT2D eigenvalue weighted by Crippen LogP contribution is 2.21. The van der Waals surface area contributed by atoms with Crippen molar-refractivity contribution in [1.29, 1.82) is 0 Å². The standard InChI is InChI=1S/C21H19BrN2O3/c1-14-9-10-15(12-18(14)23-20(25)19-8-5-11-27-19)21(26)24(2)13-16-6-3-4-7-17(16)22/h3-12H,13H2,1-2H3,(H,23,25). The maximum atomic E-state index is 12.8. The number of amides is 2. The minimum Gasteiger partial charge on any atom is -0.459 e. The van der Waals surface area contributed by atoms with Crippen LogP contribution in [0.5, 0.6) is 0 Å². The third kappa shape index (κ3) is 4.46. The van der Waals surface area contributed by atoms with Crippen LogP contribution in [0.25, 0.3) is 0 Å². The largest absolute Gasteiger partial charge is 0.459 e. The average molecular weight is 427 g/mol. The van der Waals surface area contributed by atoms with Crippen molar-refractivity contribution in [1.82, 2.24) is 4.90 Å². The predicted octanol–water partition coefficient (Wildman–Crippen LogP) is 4.88. The summed E-state index contributed by atoms with van der Waals surface area (Å²) in [5, 5.41) is 2.79. The fourth-order valence-electron chi connectivity index (χ4n) is 2.66. The highest BCUT2D eigenvalue weighted by molar-refractivity contribution is 9.10.